The number of hydrogen-bond donors (Lipinski definition) is 2. The van der Waals surface area contributed by atoms with Gasteiger partial charge in [-0.1, -0.05) is 30.7 Å². The highest BCUT2D eigenvalue weighted by Crippen LogP contribution is 2.47. The van der Waals surface area contributed by atoms with E-state index in [2.05, 4.69) is 23.2 Å². The van der Waals surface area contributed by atoms with Gasteiger partial charge in [-0.3, -0.25) is 0 Å². The Balaban J connectivity index is 1.70. The number of nitrogens with zero attached hydrogens (tertiary/aromatic N) is 2. The molecular formula is C18H27N3O. The number of likely N-dealkylation sites (tertiary alicyclic amines) is 1. The van der Waals surface area contributed by atoms with Crippen LogP contribution >= 0.6 is 0 Å². The molecule has 1 heterocycles. The maximum absolute atomic E-state index is 9.43. The molecule has 3 rings (SSSR count). The lowest BCUT2D eigenvalue weighted by Crippen LogP contribution is -2.42. The summed E-state index contributed by atoms with van der Waals surface area (Å²) in [5.74, 6) is 1.03. The van der Waals surface area contributed by atoms with E-state index < -0.39 is 0 Å². The summed E-state index contributed by atoms with van der Waals surface area (Å²) in [4.78, 5) is 7.24. The third kappa shape index (κ3) is 3.12. The van der Waals surface area contributed by atoms with Gasteiger partial charge in [-0.2, -0.15) is 0 Å². The molecule has 0 unspecified atom stereocenters. The number of aliphatic hydroxyl groups is 1. The smallest absolute Gasteiger partial charge is 0.194 e. The summed E-state index contributed by atoms with van der Waals surface area (Å²) in [5.41, 5.74) is 2.66. The van der Waals surface area contributed by atoms with Crippen molar-refractivity contribution in [3.63, 3.8) is 0 Å². The van der Waals surface area contributed by atoms with E-state index in [1.807, 2.05) is 18.2 Å². The minimum atomic E-state index is 0.0784. The van der Waals surface area contributed by atoms with Gasteiger partial charge in [0.2, 0.25) is 0 Å². The highest BCUT2D eigenvalue weighted by atomic mass is 16.3. The molecule has 0 amide bonds. The highest BCUT2D eigenvalue weighted by Gasteiger charge is 2.43. The van der Waals surface area contributed by atoms with Gasteiger partial charge in [-0.25, -0.2) is 4.99 Å². The maximum atomic E-state index is 9.43. The first-order valence-corrected chi connectivity index (χ1v) is 8.47. The van der Waals surface area contributed by atoms with Crippen molar-refractivity contribution < 1.29 is 5.11 Å². The van der Waals surface area contributed by atoms with Crippen LogP contribution in [0.3, 0.4) is 0 Å². The molecule has 4 heteroatoms. The lowest BCUT2D eigenvalue weighted by molar-refractivity contribution is 0.151. The average Bonchev–Trinajstić information content (AvgIpc) is 2.97. The Labute approximate surface area is 133 Å². The zero-order valence-electron chi connectivity index (χ0n) is 13.5. The van der Waals surface area contributed by atoms with Crippen molar-refractivity contribution in [3.05, 3.63) is 35.4 Å². The van der Waals surface area contributed by atoms with Gasteiger partial charge < -0.3 is 15.3 Å². The van der Waals surface area contributed by atoms with Crippen LogP contribution in [0.2, 0.25) is 0 Å². The van der Waals surface area contributed by atoms with Crippen LogP contribution in [0.1, 0.15) is 43.7 Å². The molecule has 1 saturated carbocycles. The number of guanidine groups is 1. The molecule has 1 aromatic carbocycles. The van der Waals surface area contributed by atoms with E-state index >= 15 is 0 Å². The van der Waals surface area contributed by atoms with Crippen LogP contribution in [0, 0.1) is 5.41 Å². The van der Waals surface area contributed by atoms with Crippen molar-refractivity contribution in [1.82, 2.24) is 10.2 Å². The van der Waals surface area contributed by atoms with E-state index in [4.69, 9.17) is 4.99 Å². The molecule has 0 aromatic heterocycles. The molecule has 2 fully saturated rings. The van der Waals surface area contributed by atoms with Gasteiger partial charge in [0, 0.05) is 19.6 Å². The monoisotopic (exact) mass is 301 g/mol. The first-order valence-electron chi connectivity index (χ1n) is 8.47. The fourth-order valence-electron chi connectivity index (χ4n) is 3.65. The second-order valence-electron chi connectivity index (χ2n) is 6.62. The number of benzene rings is 1. The molecule has 0 bridgehead atoms. The molecule has 22 heavy (non-hydrogen) atoms. The van der Waals surface area contributed by atoms with E-state index in [-0.39, 0.29) is 6.61 Å². The Morgan fingerprint density at radius 2 is 2.05 bits per heavy atom. The Morgan fingerprint density at radius 3 is 2.64 bits per heavy atom. The topological polar surface area (TPSA) is 47.9 Å². The Hall–Kier alpha value is -1.55. The van der Waals surface area contributed by atoms with Gasteiger partial charge in [0.1, 0.15) is 0 Å². The van der Waals surface area contributed by atoms with Gasteiger partial charge >= 0.3 is 0 Å². The van der Waals surface area contributed by atoms with Gasteiger partial charge in [-0.15, -0.1) is 0 Å². The van der Waals surface area contributed by atoms with Crippen LogP contribution in [0.4, 0.5) is 0 Å². The minimum Gasteiger partial charge on any atom is -0.392 e. The predicted molar refractivity (Wildman–Crippen MR) is 89.7 cm³/mol. The second kappa shape index (κ2) is 6.69. The number of aliphatic imine (C=N–C) groups is 1. The van der Waals surface area contributed by atoms with Crippen molar-refractivity contribution in [2.75, 3.05) is 19.6 Å². The molecule has 1 saturated heterocycles. The van der Waals surface area contributed by atoms with Crippen LogP contribution in [0.15, 0.2) is 29.3 Å². The predicted octanol–water partition coefficient (Wildman–Crippen LogP) is 2.52. The lowest BCUT2D eigenvalue weighted by Gasteiger charge is -2.38. The van der Waals surface area contributed by atoms with Crippen molar-refractivity contribution in [2.24, 2.45) is 10.4 Å². The molecule has 1 aromatic rings. The zero-order chi connectivity index (χ0) is 15.4. The molecule has 120 valence electrons. The second-order valence-corrected chi connectivity index (χ2v) is 6.62. The average molecular weight is 301 g/mol. The number of hydrogen-bond acceptors (Lipinski definition) is 2. The van der Waals surface area contributed by atoms with Gasteiger partial charge in [-0.05, 0) is 42.7 Å². The summed E-state index contributed by atoms with van der Waals surface area (Å²) in [6.45, 7) is 5.99. The third-order valence-corrected chi connectivity index (χ3v) is 5.17. The molecular weight excluding hydrogens is 274 g/mol. The summed E-state index contributed by atoms with van der Waals surface area (Å²) in [7, 11) is 0. The summed E-state index contributed by atoms with van der Waals surface area (Å²) >= 11 is 0. The highest BCUT2D eigenvalue weighted by molar-refractivity contribution is 5.80. The Morgan fingerprint density at radius 1 is 1.27 bits per heavy atom. The molecule has 1 aliphatic heterocycles. The standard InChI is InChI=1S/C18H27N3O/c1-2-19-17(21-11-10-18(14-21)8-5-9-18)20-12-15-6-3-4-7-16(15)13-22/h3-4,6-7,22H,2,5,8-14H2,1H3,(H,19,20). The number of aliphatic hydroxyl groups excluding tert-OH is 1. The van der Waals surface area contributed by atoms with E-state index in [1.165, 1.54) is 25.7 Å². The third-order valence-electron chi connectivity index (χ3n) is 5.17. The van der Waals surface area contributed by atoms with E-state index in [0.717, 1.165) is 36.7 Å². The van der Waals surface area contributed by atoms with Gasteiger partial charge in [0.05, 0.1) is 13.2 Å². The summed E-state index contributed by atoms with van der Waals surface area (Å²) in [6, 6.07) is 7.99. The Bertz CT molecular complexity index is 537. The zero-order valence-corrected chi connectivity index (χ0v) is 13.5. The van der Waals surface area contributed by atoms with Crippen molar-refractivity contribution in [2.45, 2.75) is 45.8 Å². The summed E-state index contributed by atoms with van der Waals surface area (Å²) in [6.07, 6.45) is 5.47. The molecule has 1 spiro atoms. The molecule has 1 aliphatic carbocycles. The summed E-state index contributed by atoms with van der Waals surface area (Å²) < 4.78 is 0. The maximum Gasteiger partial charge on any atom is 0.194 e. The number of nitrogens with one attached hydrogen (secondary N) is 1. The van der Waals surface area contributed by atoms with Crippen LogP contribution in [-0.2, 0) is 13.2 Å². The van der Waals surface area contributed by atoms with Crippen LogP contribution in [0.5, 0.6) is 0 Å². The van der Waals surface area contributed by atoms with E-state index in [0.29, 0.717) is 12.0 Å². The van der Waals surface area contributed by atoms with Crippen molar-refractivity contribution in [1.29, 1.82) is 0 Å². The molecule has 0 atom stereocenters. The first-order chi connectivity index (χ1) is 10.8. The Kier molecular flexibility index (Phi) is 4.67. The lowest BCUT2D eigenvalue weighted by atomic mass is 9.68. The quantitative estimate of drug-likeness (QED) is 0.663. The summed E-state index contributed by atoms with van der Waals surface area (Å²) in [5, 5.41) is 12.9. The molecule has 4 nitrogen and oxygen atoms in total. The van der Waals surface area contributed by atoms with Crippen molar-refractivity contribution in [3.8, 4) is 0 Å². The minimum absolute atomic E-state index is 0.0784. The molecule has 2 aliphatic rings. The van der Waals surface area contributed by atoms with Gasteiger partial charge in [0.15, 0.2) is 5.96 Å². The SMILES string of the molecule is CCNC(=NCc1ccccc1CO)N1CCC2(CCC2)C1. The molecule has 0 radical (unpaired) electrons. The van der Waals surface area contributed by atoms with Crippen LogP contribution in [0.25, 0.3) is 0 Å². The van der Waals surface area contributed by atoms with Crippen molar-refractivity contribution >= 4 is 5.96 Å². The largest absolute Gasteiger partial charge is 0.392 e. The number of rotatable bonds is 4. The molecule has 2 N–H and O–H groups in total. The normalized spacial score (nSPS) is 20.3. The fourth-order valence-corrected chi connectivity index (χ4v) is 3.65. The van der Waals surface area contributed by atoms with E-state index in [9.17, 15) is 5.11 Å². The van der Waals surface area contributed by atoms with Crippen LogP contribution in [-0.4, -0.2) is 35.6 Å². The van der Waals surface area contributed by atoms with E-state index in [1.54, 1.807) is 0 Å². The van der Waals surface area contributed by atoms with Crippen LogP contribution < -0.4 is 5.32 Å². The first kappa shape index (κ1) is 15.3. The fraction of sp³-hybridized carbons (Fsp3) is 0.611. The van der Waals surface area contributed by atoms with Gasteiger partial charge in [0.25, 0.3) is 0 Å².